The van der Waals surface area contributed by atoms with Gasteiger partial charge < -0.3 is 30.2 Å². The van der Waals surface area contributed by atoms with Crippen LogP contribution in [0.3, 0.4) is 0 Å². The van der Waals surface area contributed by atoms with Gasteiger partial charge in [0.25, 0.3) is 0 Å². The van der Waals surface area contributed by atoms with Gasteiger partial charge in [0.2, 0.25) is 17.7 Å². The molecule has 202 valence electrons. The van der Waals surface area contributed by atoms with Gasteiger partial charge in [-0.1, -0.05) is 53.6 Å². The molecule has 9 heteroatoms. The predicted molar refractivity (Wildman–Crippen MR) is 142 cm³/mol. The molecule has 2 aliphatic heterocycles. The van der Waals surface area contributed by atoms with Crippen LogP contribution in [0.5, 0.6) is 5.75 Å². The molecule has 0 saturated carbocycles. The molecule has 3 N–H and O–H groups in total. The van der Waals surface area contributed by atoms with Crippen LogP contribution >= 0.6 is 0 Å². The summed E-state index contributed by atoms with van der Waals surface area (Å²) in [7, 11) is 1.67. The highest BCUT2D eigenvalue weighted by atomic mass is 16.6. The third kappa shape index (κ3) is 14.4. The van der Waals surface area contributed by atoms with Gasteiger partial charge in [0, 0.05) is 6.42 Å². The van der Waals surface area contributed by atoms with E-state index in [0.717, 1.165) is 12.4 Å². The average molecular weight is 514 g/mol. The summed E-state index contributed by atoms with van der Waals surface area (Å²) >= 11 is 0. The van der Waals surface area contributed by atoms with E-state index in [0.29, 0.717) is 25.2 Å². The molecule has 0 aromatic heterocycles. The van der Waals surface area contributed by atoms with Crippen molar-refractivity contribution in [3.8, 4) is 5.75 Å². The fourth-order valence-electron chi connectivity index (χ4n) is 2.85. The molecule has 0 radical (unpaired) electrons. The Morgan fingerprint density at radius 1 is 1.08 bits per heavy atom. The molecule has 2 aromatic rings. The maximum absolute atomic E-state index is 11.7. The number of carbonyl (C=O) groups excluding carboxylic acids is 4. The Labute approximate surface area is 219 Å². The quantitative estimate of drug-likeness (QED) is 0.403. The lowest BCUT2D eigenvalue weighted by Gasteiger charge is -2.22. The first-order valence-electron chi connectivity index (χ1n) is 12.1. The summed E-state index contributed by atoms with van der Waals surface area (Å²) in [4.78, 5) is 43.9. The molecular formula is C28H39N3O6. The standard InChI is InChI=1S/C10H15N3O4.C8H10O.C7H8.C3H6O/c1-10(3-2-7(15)13-10)9(17)12-6-8(16)11-4-5-14;1-7-3-5-8(9-2)6-4-7;1-7-5-3-2-4-6-7;1-3-2-4-3/h5H,2-4,6H2,1H3,(H,11,16)(H,12,17)(H,13,15);3-6H,1-2H3;2-6H,1H3;3H,2H2,1H3/t10-;;;/m0.../s1. The predicted octanol–water partition coefficient (Wildman–Crippen LogP) is 2.49. The number of nitrogens with one attached hydrogen (secondary N) is 3. The van der Waals surface area contributed by atoms with Crippen LogP contribution in [0.2, 0.25) is 0 Å². The van der Waals surface area contributed by atoms with Crippen molar-refractivity contribution in [2.45, 2.75) is 52.2 Å². The number of rotatable bonds is 6. The lowest BCUT2D eigenvalue weighted by molar-refractivity contribution is -0.131. The zero-order chi connectivity index (χ0) is 27.7. The molecule has 2 atom stereocenters. The highest BCUT2D eigenvalue weighted by Crippen LogP contribution is 2.19. The highest BCUT2D eigenvalue weighted by Gasteiger charge is 2.39. The van der Waals surface area contributed by atoms with Gasteiger partial charge in [-0.05, 0) is 46.2 Å². The lowest BCUT2D eigenvalue weighted by Crippen LogP contribution is -2.53. The Bertz CT molecular complexity index is 977. The van der Waals surface area contributed by atoms with Crippen molar-refractivity contribution >= 4 is 24.0 Å². The number of benzene rings is 2. The topological polar surface area (TPSA) is 126 Å². The maximum atomic E-state index is 11.7. The maximum Gasteiger partial charge on any atom is 0.245 e. The normalized spacial score (nSPS) is 18.6. The fraction of sp³-hybridized carbons (Fsp3) is 0.429. The summed E-state index contributed by atoms with van der Waals surface area (Å²) in [5, 5.41) is 7.26. The van der Waals surface area contributed by atoms with Crippen molar-refractivity contribution < 1.29 is 28.7 Å². The summed E-state index contributed by atoms with van der Waals surface area (Å²) in [6, 6.07) is 18.2. The first kappa shape index (κ1) is 31.3. The van der Waals surface area contributed by atoms with Crippen molar-refractivity contribution in [2.75, 3.05) is 26.8 Å². The van der Waals surface area contributed by atoms with Crippen LogP contribution in [-0.2, 0) is 23.9 Å². The van der Waals surface area contributed by atoms with Gasteiger partial charge in [0.05, 0.1) is 32.9 Å². The summed E-state index contributed by atoms with van der Waals surface area (Å²) in [5.41, 5.74) is 1.64. The second kappa shape index (κ2) is 16.9. The molecule has 2 aromatic carbocycles. The fourth-order valence-corrected chi connectivity index (χ4v) is 2.85. The van der Waals surface area contributed by atoms with Crippen LogP contribution in [0.25, 0.3) is 0 Å². The minimum absolute atomic E-state index is 0.0806. The van der Waals surface area contributed by atoms with Crippen molar-refractivity contribution in [2.24, 2.45) is 0 Å². The van der Waals surface area contributed by atoms with Crippen LogP contribution in [0.4, 0.5) is 0 Å². The molecule has 2 saturated heterocycles. The number of aldehydes is 1. The molecule has 2 fully saturated rings. The zero-order valence-electron chi connectivity index (χ0n) is 22.3. The Morgan fingerprint density at radius 3 is 2.05 bits per heavy atom. The molecular weight excluding hydrogens is 474 g/mol. The van der Waals surface area contributed by atoms with Gasteiger partial charge in [0.15, 0.2) is 0 Å². The van der Waals surface area contributed by atoms with Gasteiger partial charge in [-0.2, -0.15) is 0 Å². The van der Waals surface area contributed by atoms with Crippen LogP contribution in [0, 0.1) is 13.8 Å². The van der Waals surface area contributed by atoms with E-state index < -0.39 is 17.4 Å². The number of ether oxygens (including phenoxy) is 2. The number of epoxide rings is 1. The van der Waals surface area contributed by atoms with Crippen LogP contribution in [0.1, 0.15) is 37.8 Å². The van der Waals surface area contributed by atoms with Gasteiger partial charge in [-0.3, -0.25) is 14.4 Å². The van der Waals surface area contributed by atoms with Crippen molar-refractivity contribution in [1.82, 2.24) is 16.0 Å². The highest BCUT2D eigenvalue weighted by molar-refractivity contribution is 5.96. The van der Waals surface area contributed by atoms with E-state index in [4.69, 9.17) is 9.47 Å². The third-order valence-electron chi connectivity index (χ3n) is 5.26. The molecule has 37 heavy (non-hydrogen) atoms. The first-order valence-corrected chi connectivity index (χ1v) is 12.1. The van der Waals surface area contributed by atoms with Crippen molar-refractivity contribution in [1.29, 1.82) is 0 Å². The number of aryl methyl sites for hydroxylation is 2. The first-order chi connectivity index (χ1) is 17.6. The molecule has 4 rings (SSSR count). The van der Waals surface area contributed by atoms with Crippen molar-refractivity contribution in [3.05, 3.63) is 65.7 Å². The summed E-state index contributed by atoms with van der Waals surface area (Å²) in [6.45, 7) is 8.50. The minimum Gasteiger partial charge on any atom is -0.497 e. The lowest BCUT2D eigenvalue weighted by atomic mass is 9.99. The summed E-state index contributed by atoms with van der Waals surface area (Å²) < 4.78 is 9.68. The molecule has 9 nitrogen and oxygen atoms in total. The monoisotopic (exact) mass is 513 g/mol. The third-order valence-corrected chi connectivity index (χ3v) is 5.26. The van der Waals surface area contributed by atoms with Crippen molar-refractivity contribution in [3.63, 3.8) is 0 Å². The molecule has 2 heterocycles. The molecule has 1 unspecified atom stereocenters. The largest absolute Gasteiger partial charge is 0.497 e. The molecule has 3 amide bonds. The Hall–Kier alpha value is -3.72. The van der Waals surface area contributed by atoms with Crippen LogP contribution in [-0.4, -0.2) is 62.5 Å². The van der Waals surface area contributed by atoms with E-state index in [2.05, 4.69) is 48.9 Å². The minimum atomic E-state index is -0.942. The average Bonchev–Trinajstić information content (AvgIpc) is 3.60. The molecule has 0 aliphatic carbocycles. The van der Waals surface area contributed by atoms with Gasteiger partial charge in [-0.15, -0.1) is 0 Å². The van der Waals surface area contributed by atoms with Gasteiger partial charge in [-0.25, -0.2) is 0 Å². The van der Waals surface area contributed by atoms with E-state index in [9.17, 15) is 19.2 Å². The second-order valence-electron chi connectivity index (χ2n) is 8.85. The number of methoxy groups -OCH3 is 1. The Morgan fingerprint density at radius 2 is 1.65 bits per heavy atom. The Balaban J connectivity index is 0.000000282. The van der Waals surface area contributed by atoms with Crippen LogP contribution < -0.4 is 20.7 Å². The SMILES string of the molecule is CC1CO1.COc1ccc(C)cc1.C[C@@]1(C(=O)NCC(=O)NCC=O)CCC(=O)N1.Cc1ccccc1. The number of hydrogen-bond acceptors (Lipinski definition) is 6. The van der Waals surface area contributed by atoms with E-state index >= 15 is 0 Å². The Kier molecular flexibility index (Phi) is 14.3. The number of hydrogen-bond donors (Lipinski definition) is 3. The van der Waals surface area contributed by atoms with Gasteiger partial charge >= 0.3 is 0 Å². The molecule has 0 spiro atoms. The molecule has 2 aliphatic rings. The second-order valence-corrected chi connectivity index (χ2v) is 8.85. The summed E-state index contributed by atoms with van der Waals surface area (Å²) in [5.74, 6) is -0.100. The van der Waals surface area contributed by atoms with E-state index in [1.165, 1.54) is 11.1 Å². The van der Waals surface area contributed by atoms with Gasteiger partial charge in [0.1, 0.15) is 17.6 Å². The zero-order valence-corrected chi connectivity index (χ0v) is 22.3. The smallest absolute Gasteiger partial charge is 0.245 e. The molecule has 0 bridgehead atoms. The van der Waals surface area contributed by atoms with E-state index in [1.807, 2.05) is 42.5 Å². The number of carbonyl (C=O) groups is 4. The van der Waals surface area contributed by atoms with Crippen LogP contribution in [0.15, 0.2) is 54.6 Å². The van der Waals surface area contributed by atoms with E-state index in [-0.39, 0.29) is 19.0 Å². The summed E-state index contributed by atoms with van der Waals surface area (Å²) in [6.07, 6.45) is 1.85. The van der Waals surface area contributed by atoms with E-state index in [1.54, 1.807) is 14.0 Å². The number of amides is 3.